The molecule has 0 saturated carbocycles. The topological polar surface area (TPSA) is 96.9 Å². The SMILES string of the molecule is COc1cc(C(=O)NNC(=O)c2ccccc2O)ccc1OC(F)F. The predicted molar refractivity (Wildman–Crippen MR) is 82.7 cm³/mol. The number of carbonyl (C=O) groups is 2. The van der Waals surface area contributed by atoms with Crippen molar-refractivity contribution >= 4 is 11.8 Å². The number of nitrogens with one attached hydrogen (secondary N) is 2. The maximum atomic E-state index is 12.3. The highest BCUT2D eigenvalue weighted by molar-refractivity contribution is 6.00. The van der Waals surface area contributed by atoms with Crippen LogP contribution in [-0.4, -0.2) is 30.6 Å². The summed E-state index contributed by atoms with van der Waals surface area (Å²) in [6, 6.07) is 9.33. The van der Waals surface area contributed by atoms with Crippen LogP contribution in [0.5, 0.6) is 17.2 Å². The van der Waals surface area contributed by atoms with E-state index in [0.29, 0.717) is 0 Å². The lowest BCUT2D eigenvalue weighted by Crippen LogP contribution is -2.41. The Morgan fingerprint density at radius 3 is 2.36 bits per heavy atom. The zero-order valence-corrected chi connectivity index (χ0v) is 13.0. The molecule has 0 heterocycles. The highest BCUT2D eigenvalue weighted by Gasteiger charge is 2.15. The number of benzene rings is 2. The third-order valence-electron chi connectivity index (χ3n) is 3.08. The molecule has 25 heavy (non-hydrogen) atoms. The van der Waals surface area contributed by atoms with Crippen molar-refractivity contribution in [2.45, 2.75) is 6.61 Å². The first-order valence-electron chi connectivity index (χ1n) is 6.94. The minimum Gasteiger partial charge on any atom is -0.507 e. The van der Waals surface area contributed by atoms with Crippen LogP contribution in [0, 0.1) is 0 Å². The summed E-state index contributed by atoms with van der Waals surface area (Å²) in [5.41, 5.74) is 4.28. The first kappa shape index (κ1) is 18.0. The van der Waals surface area contributed by atoms with Crippen molar-refractivity contribution in [1.29, 1.82) is 0 Å². The fourth-order valence-corrected chi connectivity index (χ4v) is 1.92. The van der Waals surface area contributed by atoms with Crippen LogP contribution in [0.25, 0.3) is 0 Å². The number of hydrogen-bond donors (Lipinski definition) is 3. The summed E-state index contributed by atoms with van der Waals surface area (Å²) in [6.07, 6.45) is 0. The minimum absolute atomic E-state index is 0.0268. The Bertz CT molecular complexity index is 783. The summed E-state index contributed by atoms with van der Waals surface area (Å²) in [5.74, 6) is -1.99. The Morgan fingerprint density at radius 2 is 1.72 bits per heavy atom. The van der Waals surface area contributed by atoms with Gasteiger partial charge in [0.1, 0.15) is 5.75 Å². The molecule has 0 aliphatic carbocycles. The van der Waals surface area contributed by atoms with Gasteiger partial charge in [-0.05, 0) is 30.3 Å². The fraction of sp³-hybridized carbons (Fsp3) is 0.125. The summed E-state index contributed by atoms with van der Waals surface area (Å²) in [7, 11) is 1.23. The monoisotopic (exact) mass is 352 g/mol. The van der Waals surface area contributed by atoms with E-state index in [1.165, 1.54) is 31.4 Å². The second-order valence-electron chi connectivity index (χ2n) is 4.67. The second kappa shape index (κ2) is 7.95. The molecule has 0 unspecified atom stereocenters. The van der Waals surface area contributed by atoms with Gasteiger partial charge in [-0.1, -0.05) is 12.1 Å². The van der Waals surface area contributed by atoms with Crippen molar-refractivity contribution in [3.05, 3.63) is 53.6 Å². The molecule has 0 aliphatic rings. The predicted octanol–water partition coefficient (Wildman–Crippen LogP) is 2.08. The molecule has 0 saturated heterocycles. The number of phenols is 1. The van der Waals surface area contributed by atoms with E-state index >= 15 is 0 Å². The van der Waals surface area contributed by atoms with Gasteiger partial charge in [0.15, 0.2) is 11.5 Å². The molecule has 7 nitrogen and oxygen atoms in total. The summed E-state index contributed by atoms with van der Waals surface area (Å²) >= 11 is 0. The highest BCUT2D eigenvalue weighted by Crippen LogP contribution is 2.29. The molecule has 2 amide bonds. The van der Waals surface area contributed by atoms with Gasteiger partial charge < -0.3 is 14.6 Å². The largest absolute Gasteiger partial charge is 0.507 e. The maximum absolute atomic E-state index is 12.3. The molecular formula is C16H14F2N2O5. The van der Waals surface area contributed by atoms with Gasteiger partial charge in [0.05, 0.1) is 12.7 Å². The van der Waals surface area contributed by atoms with E-state index in [9.17, 15) is 23.5 Å². The lowest BCUT2D eigenvalue weighted by molar-refractivity contribution is -0.0512. The number of amides is 2. The van der Waals surface area contributed by atoms with Gasteiger partial charge in [-0.3, -0.25) is 20.4 Å². The Morgan fingerprint density at radius 1 is 1.04 bits per heavy atom. The minimum atomic E-state index is -3.04. The number of ether oxygens (including phenoxy) is 2. The normalized spacial score (nSPS) is 10.2. The van der Waals surface area contributed by atoms with Gasteiger partial charge in [-0.25, -0.2) is 0 Å². The number of methoxy groups -OCH3 is 1. The number of phenolic OH excluding ortho intramolecular Hbond substituents is 1. The molecule has 132 valence electrons. The van der Waals surface area contributed by atoms with Crippen LogP contribution in [0.2, 0.25) is 0 Å². The van der Waals surface area contributed by atoms with Crippen molar-refractivity contribution < 1.29 is 33.0 Å². The molecule has 9 heteroatoms. The number of alkyl halides is 2. The van der Waals surface area contributed by atoms with E-state index in [-0.39, 0.29) is 28.4 Å². The van der Waals surface area contributed by atoms with E-state index in [1.807, 2.05) is 0 Å². The third kappa shape index (κ3) is 4.56. The standard InChI is InChI=1S/C16H14F2N2O5/c1-24-13-8-9(6-7-12(13)25-16(17)18)14(22)19-20-15(23)10-4-2-3-5-11(10)21/h2-8,16,21H,1H3,(H,19,22)(H,20,23). The molecule has 3 N–H and O–H groups in total. The molecular weight excluding hydrogens is 338 g/mol. The number of aromatic hydroxyl groups is 1. The van der Waals surface area contributed by atoms with Crippen molar-refractivity contribution in [2.75, 3.05) is 7.11 Å². The van der Waals surface area contributed by atoms with Crippen LogP contribution in [-0.2, 0) is 0 Å². The van der Waals surface area contributed by atoms with Gasteiger partial charge in [0.25, 0.3) is 11.8 Å². The zero-order chi connectivity index (χ0) is 18.4. The van der Waals surface area contributed by atoms with Gasteiger partial charge in [-0.2, -0.15) is 8.78 Å². The molecule has 0 spiro atoms. The molecule has 0 radical (unpaired) electrons. The average Bonchev–Trinajstić information content (AvgIpc) is 2.59. The van der Waals surface area contributed by atoms with Crippen molar-refractivity contribution in [1.82, 2.24) is 10.9 Å². The van der Waals surface area contributed by atoms with Crippen LogP contribution in [0.3, 0.4) is 0 Å². The van der Waals surface area contributed by atoms with Crippen LogP contribution in [0.4, 0.5) is 8.78 Å². The number of hydrogen-bond acceptors (Lipinski definition) is 5. The molecule has 0 atom stereocenters. The summed E-state index contributed by atoms with van der Waals surface area (Å²) < 4.78 is 33.7. The van der Waals surface area contributed by atoms with Gasteiger partial charge in [-0.15, -0.1) is 0 Å². The number of rotatable bonds is 5. The van der Waals surface area contributed by atoms with Gasteiger partial charge in [0.2, 0.25) is 0 Å². The Kier molecular flexibility index (Phi) is 5.72. The molecule has 0 aliphatic heterocycles. The van der Waals surface area contributed by atoms with E-state index in [4.69, 9.17) is 4.74 Å². The van der Waals surface area contributed by atoms with Crippen LogP contribution in [0.1, 0.15) is 20.7 Å². The molecule has 2 aromatic carbocycles. The van der Waals surface area contributed by atoms with Crippen molar-refractivity contribution in [3.8, 4) is 17.2 Å². The summed E-state index contributed by atoms with van der Waals surface area (Å²) in [4.78, 5) is 23.9. The van der Waals surface area contributed by atoms with Crippen LogP contribution >= 0.6 is 0 Å². The average molecular weight is 352 g/mol. The highest BCUT2D eigenvalue weighted by atomic mass is 19.3. The quantitative estimate of drug-likeness (QED) is 0.716. The summed E-state index contributed by atoms with van der Waals surface area (Å²) in [5, 5.41) is 9.57. The van der Waals surface area contributed by atoms with E-state index in [2.05, 4.69) is 15.6 Å². The fourth-order valence-electron chi connectivity index (χ4n) is 1.92. The lowest BCUT2D eigenvalue weighted by Gasteiger charge is -2.12. The molecule has 0 fully saturated rings. The van der Waals surface area contributed by atoms with Crippen molar-refractivity contribution in [2.24, 2.45) is 0 Å². The Balaban J connectivity index is 2.06. The zero-order valence-electron chi connectivity index (χ0n) is 13.0. The van der Waals surface area contributed by atoms with Crippen LogP contribution < -0.4 is 20.3 Å². The van der Waals surface area contributed by atoms with Gasteiger partial charge in [0, 0.05) is 5.56 Å². The number of carbonyl (C=O) groups excluding carboxylic acids is 2. The maximum Gasteiger partial charge on any atom is 0.387 e. The summed E-state index contributed by atoms with van der Waals surface area (Å²) in [6.45, 7) is -3.04. The van der Waals surface area contributed by atoms with E-state index in [1.54, 1.807) is 12.1 Å². The third-order valence-corrected chi connectivity index (χ3v) is 3.08. The van der Waals surface area contributed by atoms with Gasteiger partial charge >= 0.3 is 6.61 Å². The first-order valence-corrected chi connectivity index (χ1v) is 6.94. The molecule has 2 aromatic rings. The van der Waals surface area contributed by atoms with E-state index in [0.717, 1.165) is 6.07 Å². The Labute approximate surface area is 141 Å². The number of hydrazine groups is 1. The second-order valence-corrected chi connectivity index (χ2v) is 4.67. The van der Waals surface area contributed by atoms with Crippen LogP contribution in [0.15, 0.2) is 42.5 Å². The number of halogens is 2. The van der Waals surface area contributed by atoms with E-state index < -0.39 is 18.4 Å². The number of para-hydroxylation sites is 1. The smallest absolute Gasteiger partial charge is 0.387 e. The lowest BCUT2D eigenvalue weighted by atomic mass is 10.2. The Hall–Kier alpha value is -3.36. The first-order chi connectivity index (χ1) is 11.9. The van der Waals surface area contributed by atoms with Crippen molar-refractivity contribution in [3.63, 3.8) is 0 Å². The molecule has 0 bridgehead atoms. The molecule has 2 rings (SSSR count). The molecule has 0 aromatic heterocycles.